The Hall–Kier alpha value is -1.97. The van der Waals surface area contributed by atoms with Gasteiger partial charge in [-0.3, -0.25) is 4.68 Å². The number of nitrogen functional groups attached to an aromatic ring is 1. The van der Waals surface area contributed by atoms with Gasteiger partial charge in [-0.1, -0.05) is 31.5 Å². The number of hydrogen-bond acceptors (Lipinski definition) is 3. The highest BCUT2D eigenvalue weighted by Gasteiger charge is 2.06. The van der Waals surface area contributed by atoms with Gasteiger partial charge in [0.05, 0.1) is 24.2 Å². The molecule has 0 atom stereocenters. The van der Waals surface area contributed by atoms with Crippen molar-refractivity contribution in [3.8, 4) is 5.75 Å². The molecule has 0 spiro atoms. The van der Waals surface area contributed by atoms with Crippen molar-refractivity contribution in [2.75, 3.05) is 12.3 Å². The molecule has 4 nitrogen and oxygen atoms in total. The summed E-state index contributed by atoms with van der Waals surface area (Å²) in [6, 6.07) is 9.87. The van der Waals surface area contributed by atoms with Crippen LogP contribution in [0, 0.1) is 0 Å². The molecule has 1 aromatic carbocycles. The van der Waals surface area contributed by atoms with E-state index in [2.05, 4.69) is 12.0 Å². The lowest BCUT2D eigenvalue weighted by Crippen LogP contribution is -2.09. The van der Waals surface area contributed by atoms with Gasteiger partial charge >= 0.3 is 0 Å². The lowest BCUT2D eigenvalue weighted by Gasteiger charge is -2.09. The molecule has 2 N–H and O–H groups in total. The minimum absolute atomic E-state index is 0.690. The zero-order valence-corrected chi connectivity index (χ0v) is 11.4. The van der Waals surface area contributed by atoms with Crippen molar-refractivity contribution in [2.24, 2.45) is 0 Å². The van der Waals surface area contributed by atoms with Gasteiger partial charge in [-0.05, 0) is 18.6 Å². The Kier molecular flexibility index (Phi) is 4.84. The molecule has 19 heavy (non-hydrogen) atoms. The third-order valence-corrected chi connectivity index (χ3v) is 2.99. The van der Waals surface area contributed by atoms with Gasteiger partial charge in [0.25, 0.3) is 0 Å². The standard InChI is InChI=1S/C15H21N3O/c1-2-7-15-14(16)12-17-18(15)10-6-11-19-13-8-4-3-5-9-13/h3-5,8-9,12H,2,6-7,10-11,16H2,1H3. The molecule has 0 aliphatic carbocycles. The largest absolute Gasteiger partial charge is 0.494 e. The Bertz CT molecular complexity index is 493. The number of rotatable bonds is 7. The number of para-hydroxylation sites is 1. The van der Waals surface area contributed by atoms with Crippen molar-refractivity contribution in [3.63, 3.8) is 0 Å². The minimum atomic E-state index is 0.690. The summed E-state index contributed by atoms with van der Waals surface area (Å²) in [5.74, 6) is 0.913. The fourth-order valence-electron chi connectivity index (χ4n) is 2.05. The molecule has 0 aliphatic heterocycles. The van der Waals surface area contributed by atoms with E-state index in [1.54, 1.807) is 6.20 Å². The molecule has 102 valence electrons. The molecule has 0 saturated carbocycles. The van der Waals surface area contributed by atoms with Crippen LogP contribution in [0.25, 0.3) is 0 Å². The quantitative estimate of drug-likeness (QED) is 0.778. The molecule has 0 amide bonds. The second-order valence-electron chi connectivity index (χ2n) is 4.53. The van der Waals surface area contributed by atoms with Gasteiger partial charge in [0, 0.05) is 13.0 Å². The SMILES string of the molecule is CCCc1c(N)cnn1CCCOc1ccccc1. The van der Waals surface area contributed by atoms with Gasteiger partial charge in [0.2, 0.25) is 0 Å². The van der Waals surface area contributed by atoms with E-state index in [1.165, 1.54) is 0 Å². The van der Waals surface area contributed by atoms with Crippen LogP contribution in [0.3, 0.4) is 0 Å². The van der Waals surface area contributed by atoms with Crippen LogP contribution < -0.4 is 10.5 Å². The van der Waals surface area contributed by atoms with E-state index in [1.807, 2.05) is 35.0 Å². The first-order chi connectivity index (χ1) is 9.31. The van der Waals surface area contributed by atoms with Crippen LogP contribution in [0.4, 0.5) is 5.69 Å². The summed E-state index contributed by atoms with van der Waals surface area (Å²) in [5.41, 5.74) is 7.85. The monoisotopic (exact) mass is 259 g/mol. The number of benzene rings is 1. The Morgan fingerprint density at radius 2 is 2.05 bits per heavy atom. The third kappa shape index (κ3) is 3.74. The van der Waals surface area contributed by atoms with E-state index in [-0.39, 0.29) is 0 Å². The lowest BCUT2D eigenvalue weighted by molar-refractivity contribution is 0.297. The van der Waals surface area contributed by atoms with Gasteiger partial charge in [0.15, 0.2) is 0 Å². The molecule has 1 heterocycles. The zero-order valence-electron chi connectivity index (χ0n) is 11.4. The normalized spacial score (nSPS) is 10.6. The maximum absolute atomic E-state index is 5.91. The zero-order chi connectivity index (χ0) is 13.5. The summed E-state index contributed by atoms with van der Waals surface area (Å²) in [5, 5.41) is 4.32. The fourth-order valence-corrected chi connectivity index (χ4v) is 2.05. The molecular formula is C15H21N3O. The molecule has 0 aliphatic rings. The second kappa shape index (κ2) is 6.83. The summed E-state index contributed by atoms with van der Waals surface area (Å²) in [4.78, 5) is 0. The van der Waals surface area contributed by atoms with E-state index >= 15 is 0 Å². The average Bonchev–Trinajstić information content (AvgIpc) is 2.78. The third-order valence-electron chi connectivity index (χ3n) is 2.99. The van der Waals surface area contributed by atoms with Crippen LogP contribution in [0.15, 0.2) is 36.5 Å². The Morgan fingerprint density at radius 3 is 2.79 bits per heavy atom. The summed E-state index contributed by atoms with van der Waals surface area (Å²) in [7, 11) is 0. The van der Waals surface area contributed by atoms with Crippen molar-refractivity contribution in [1.29, 1.82) is 0 Å². The van der Waals surface area contributed by atoms with Gasteiger partial charge < -0.3 is 10.5 Å². The van der Waals surface area contributed by atoms with Crippen LogP contribution in [-0.4, -0.2) is 16.4 Å². The van der Waals surface area contributed by atoms with Crippen molar-refractivity contribution in [3.05, 3.63) is 42.2 Å². The first kappa shape index (κ1) is 13.5. The van der Waals surface area contributed by atoms with Crippen LogP contribution in [0.1, 0.15) is 25.5 Å². The highest BCUT2D eigenvalue weighted by Crippen LogP contribution is 2.14. The predicted octanol–water partition coefficient (Wildman–Crippen LogP) is 2.89. The summed E-state index contributed by atoms with van der Waals surface area (Å²) in [6.07, 6.45) is 4.72. The summed E-state index contributed by atoms with van der Waals surface area (Å²) in [6.45, 7) is 3.68. The molecule has 0 radical (unpaired) electrons. The summed E-state index contributed by atoms with van der Waals surface area (Å²) < 4.78 is 7.66. The highest BCUT2D eigenvalue weighted by molar-refractivity contribution is 5.40. The molecule has 1 aromatic heterocycles. The van der Waals surface area contributed by atoms with Crippen molar-refractivity contribution in [2.45, 2.75) is 32.7 Å². The number of aromatic nitrogens is 2. The second-order valence-corrected chi connectivity index (χ2v) is 4.53. The molecule has 2 rings (SSSR count). The van der Waals surface area contributed by atoms with Crippen LogP contribution in [0.5, 0.6) is 5.75 Å². The maximum atomic E-state index is 5.91. The molecule has 0 saturated heterocycles. The number of ether oxygens (including phenoxy) is 1. The van der Waals surface area contributed by atoms with Gasteiger partial charge in [-0.2, -0.15) is 5.10 Å². The number of anilines is 1. The first-order valence-corrected chi connectivity index (χ1v) is 6.79. The van der Waals surface area contributed by atoms with Gasteiger partial charge in [-0.15, -0.1) is 0 Å². The fraction of sp³-hybridized carbons (Fsp3) is 0.400. The molecule has 0 unspecified atom stereocenters. The van der Waals surface area contributed by atoms with Crippen molar-refractivity contribution < 1.29 is 4.74 Å². The van der Waals surface area contributed by atoms with E-state index in [4.69, 9.17) is 10.5 Å². The number of hydrogen-bond donors (Lipinski definition) is 1. The Labute approximate surface area is 114 Å². The average molecular weight is 259 g/mol. The Morgan fingerprint density at radius 1 is 1.26 bits per heavy atom. The van der Waals surface area contributed by atoms with Gasteiger partial charge in [0.1, 0.15) is 5.75 Å². The van der Waals surface area contributed by atoms with Crippen LogP contribution >= 0.6 is 0 Å². The number of nitrogens with zero attached hydrogens (tertiary/aromatic N) is 2. The first-order valence-electron chi connectivity index (χ1n) is 6.79. The highest BCUT2D eigenvalue weighted by atomic mass is 16.5. The molecule has 4 heteroatoms. The maximum Gasteiger partial charge on any atom is 0.119 e. The molecular weight excluding hydrogens is 238 g/mol. The topological polar surface area (TPSA) is 53.1 Å². The molecule has 0 bridgehead atoms. The Balaban J connectivity index is 1.80. The molecule has 0 fully saturated rings. The van der Waals surface area contributed by atoms with Crippen molar-refractivity contribution >= 4 is 5.69 Å². The lowest BCUT2D eigenvalue weighted by atomic mass is 10.2. The van der Waals surface area contributed by atoms with E-state index in [0.29, 0.717) is 6.61 Å². The smallest absolute Gasteiger partial charge is 0.119 e. The number of aryl methyl sites for hydroxylation is 1. The van der Waals surface area contributed by atoms with Gasteiger partial charge in [-0.25, -0.2) is 0 Å². The molecule has 2 aromatic rings. The van der Waals surface area contributed by atoms with Crippen LogP contribution in [-0.2, 0) is 13.0 Å². The number of nitrogens with two attached hydrogens (primary N) is 1. The van der Waals surface area contributed by atoms with Crippen LogP contribution in [0.2, 0.25) is 0 Å². The van der Waals surface area contributed by atoms with E-state index in [9.17, 15) is 0 Å². The minimum Gasteiger partial charge on any atom is -0.494 e. The summed E-state index contributed by atoms with van der Waals surface area (Å²) >= 11 is 0. The van der Waals surface area contributed by atoms with Crippen molar-refractivity contribution in [1.82, 2.24) is 9.78 Å². The predicted molar refractivity (Wildman–Crippen MR) is 77.2 cm³/mol. The van der Waals surface area contributed by atoms with E-state index in [0.717, 1.165) is 42.9 Å². The van der Waals surface area contributed by atoms with E-state index < -0.39 is 0 Å².